The number of para-hydroxylation sites is 1. The number of carbonyl (C=O) groups is 2. The van der Waals surface area contributed by atoms with Crippen LogP contribution in [0.4, 0.5) is 11.4 Å². The Hall–Kier alpha value is -1.31. The Morgan fingerprint density at radius 3 is 2.52 bits per heavy atom. The molecule has 23 heavy (non-hydrogen) atoms. The maximum Gasteiger partial charge on any atom is 0.234 e. The minimum atomic E-state index is -0.138. The predicted molar refractivity (Wildman–Crippen MR) is 102 cm³/mol. The summed E-state index contributed by atoms with van der Waals surface area (Å²) in [6.45, 7) is 1.46. The van der Waals surface area contributed by atoms with E-state index >= 15 is 0 Å². The van der Waals surface area contributed by atoms with E-state index in [-0.39, 0.29) is 17.6 Å². The van der Waals surface area contributed by atoms with Crippen LogP contribution in [0.2, 0.25) is 0 Å². The second kappa shape index (κ2) is 8.52. The maximum atomic E-state index is 12.1. The van der Waals surface area contributed by atoms with Crippen LogP contribution in [0.1, 0.15) is 6.92 Å². The third-order valence-electron chi connectivity index (χ3n) is 2.76. The van der Waals surface area contributed by atoms with E-state index in [4.69, 9.17) is 0 Å². The topological polar surface area (TPSA) is 58.2 Å². The van der Waals surface area contributed by atoms with Gasteiger partial charge >= 0.3 is 0 Å². The second-order valence-electron chi connectivity index (χ2n) is 4.64. The molecule has 0 heterocycles. The first-order chi connectivity index (χ1) is 11.0. The van der Waals surface area contributed by atoms with E-state index in [1.165, 1.54) is 18.7 Å². The van der Waals surface area contributed by atoms with Crippen LogP contribution in [0.3, 0.4) is 0 Å². The summed E-state index contributed by atoms with van der Waals surface area (Å²) in [6, 6.07) is 13.0. The summed E-state index contributed by atoms with van der Waals surface area (Å²) in [4.78, 5) is 24.2. The van der Waals surface area contributed by atoms with Gasteiger partial charge in [-0.1, -0.05) is 28.1 Å². The van der Waals surface area contributed by atoms with Crippen LogP contribution in [0.5, 0.6) is 0 Å². The van der Waals surface area contributed by atoms with Gasteiger partial charge in [0.05, 0.1) is 17.1 Å². The molecule has 0 radical (unpaired) electrons. The molecule has 0 aliphatic heterocycles. The number of hydrogen-bond donors (Lipinski definition) is 2. The lowest BCUT2D eigenvalue weighted by Gasteiger charge is -2.10. The van der Waals surface area contributed by atoms with Crippen LogP contribution in [-0.4, -0.2) is 17.6 Å². The molecule has 120 valence electrons. The standard InChI is InChI=1S/C16H14Br2N2O2S/c1-10(21)19-13-4-2-3-5-15(13)23-9-16(22)20-14-8-11(17)6-7-12(14)18/h2-8H,9H2,1H3,(H,19,21)(H,20,22). The Balaban J connectivity index is 1.99. The third-order valence-corrected chi connectivity index (χ3v) is 5.02. The van der Waals surface area contributed by atoms with Crippen molar-refractivity contribution in [2.75, 3.05) is 16.4 Å². The first kappa shape index (κ1) is 18.0. The molecule has 2 rings (SSSR count). The summed E-state index contributed by atoms with van der Waals surface area (Å²) in [5.41, 5.74) is 1.42. The number of hydrogen-bond acceptors (Lipinski definition) is 3. The molecule has 0 saturated carbocycles. The lowest BCUT2D eigenvalue weighted by atomic mass is 10.3. The van der Waals surface area contributed by atoms with E-state index in [9.17, 15) is 9.59 Å². The molecular formula is C16H14Br2N2O2S. The molecule has 0 atom stereocenters. The lowest BCUT2D eigenvalue weighted by Crippen LogP contribution is -2.14. The van der Waals surface area contributed by atoms with E-state index in [0.29, 0.717) is 11.4 Å². The molecule has 7 heteroatoms. The Morgan fingerprint density at radius 1 is 1.04 bits per heavy atom. The number of benzene rings is 2. The fourth-order valence-electron chi connectivity index (χ4n) is 1.81. The zero-order chi connectivity index (χ0) is 16.8. The molecule has 0 aliphatic rings. The molecule has 0 unspecified atom stereocenters. The summed E-state index contributed by atoms with van der Waals surface area (Å²) in [5, 5.41) is 5.62. The summed E-state index contributed by atoms with van der Waals surface area (Å²) in [5.74, 6) is -0.0118. The van der Waals surface area contributed by atoms with E-state index in [1.807, 2.05) is 42.5 Å². The molecule has 2 N–H and O–H groups in total. The molecule has 2 aromatic carbocycles. The summed E-state index contributed by atoms with van der Waals surface area (Å²) >= 11 is 8.15. The van der Waals surface area contributed by atoms with Crippen molar-refractivity contribution >= 4 is 66.8 Å². The highest BCUT2D eigenvalue weighted by atomic mass is 79.9. The average molecular weight is 458 g/mol. The molecule has 0 spiro atoms. The first-order valence-electron chi connectivity index (χ1n) is 6.70. The summed E-state index contributed by atoms with van der Waals surface area (Å²) in [7, 11) is 0. The minimum absolute atomic E-state index is 0.119. The molecule has 0 bridgehead atoms. The zero-order valence-corrected chi connectivity index (χ0v) is 16.2. The fraction of sp³-hybridized carbons (Fsp3) is 0.125. The number of rotatable bonds is 5. The van der Waals surface area contributed by atoms with Gasteiger partial charge in [-0.15, -0.1) is 11.8 Å². The molecule has 0 aliphatic carbocycles. The van der Waals surface area contributed by atoms with Crippen molar-refractivity contribution in [3.8, 4) is 0 Å². The van der Waals surface area contributed by atoms with Crippen molar-refractivity contribution < 1.29 is 9.59 Å². The van der Waals surface area contributed by atoms with Crippen LogP contribution < -0.4 is 10.6 Å². The van der Waals surface area contributed by atoms with Gasteiger partial charge in [-0.2, -0.15) is 0 Å². The molecule has 2 amide bonds. The Bertz CT molecular complexity index is 738. The van der Waals surface area contributed by atoms with Gasteiger partial charge in [-0.25, -0.2) is 0 Å². The van der Waals surface area contributed by atoms with Gasteiger partial charge in [-0.05, 0) is 46.3 Å². The zero-order valence-electron chi connectivity index (χ0n) is 12.2. The van der Waals surface area contributed by atoms with Gasteiger partial charge in [0.2, 0.25) is 11.8 Å². The smallest absolute Gasteiger partial charge is 0.234 e. The lowest BCUT2D eigenvalue weighted by molar-refractivity contribution is -0.114. The molecule has 0 aromatic heterocycles. The summed E-state index contributed by atoms with van der Waals surface area (Å²) in [6.07, 6.45) is 0. The highest BCUT2D eigenvalue weighted by molar-refractivity contribution is 9.11. The quantitative estimate of drug-likeness (QED) is 0.627. The SMILES string of the molecule is CC(=O)Nc1ccccc1SCC(=O)Nc1cc(Br)ccc1Br. The van der Waals surface area contributed by atoms with Crippen LogP contribution in [-0.2, 0) is 9.59 Å². The van der Waals surface area contributed by atoms with Crippen molar-refractivity contribution in [2.24, 2.45) is 0 Å². The number of halogens is 2. The largest absolute Gasteiger partial charge is 0.325 e. The fourth-order valence-corrected chi connectivity index (χ4v) is 3.32. The van der Waals surface area contributed by atoms with Crippen molar-refractivity contribution in [1.82, 2.24) is 0 Å². The van der Waals surface area contributed by atoms with Crippen LogP contribution in [0.25, 0.3) is 0 Å². The number of amides is 2. The van der Waals surface area contributed by atoms with Crippen molar-refractivity contribution in [1.29, 1.82) is 0 Å². The minimum Gasteiger partial charge on any atom is -0.325 e. The average Bonchev–Trinajstić information content (AvgIpc) is 2.49. The van der Waals surface area contributed by atoms with Gasteiger partial charge in [0, 0.05) is 20.8 Å². The number of anilines is 2. The Kier molecular flexibility index (Phi) is 6.68. The van der Waals surface area contributed by atoms with E-state index in [2.05, 4.69) is 42.5 Å². The highest BCUT2D eigenvalue weighted by Gasteiger charge is 2.09. The Labute approximate surface area is 155 Å². The van der Waals surface area contributed by atoms with Gasteiger partial charge < -0.3 is 10.6 Å². The first-order valence-corrected chi connectivity index (χ1v) is 9.27. The predicted octanol–water partition coefficient (Wildman–Crippen LogP) is 4.90. The molecule has 4 nitrogen and oxygen atoms in total. The normalized spacial score (nSPS) is 10.2. The number of carbonyl (C=O) groups excluding carboxylic acids is 2. The van der Waals surface area contributed by atoms with E-state index < -0.39 is 0 Å². The van der Waals surface area contributed by atoms with Crippen LogP contribution >= 0.6 is 43.6 Å². The molecule has 0 fully saturated rings. The van der Waals surface area contributed by atoms with Crippen molar-refractivity contribution in [2.45, 2.75) is 11.8 Å². The molecular weight excluding hydrogens is 444 g/mol. The summed E-state index contributed by atoms with van der Waals surface area (Å²) < 4.78 is 1.71. The van der Waals surface area contributed by atoms with Gasteiger partial charge in [-0.3, -0.25) is 9.59 Å². The van der Waals surface area contributed by atoms with E-state index in [1.54, 1.807) is 0 Å². The second-order valence-corrected chi connectivity index (χ2v) is 7.43. The van der Waals surface area contributed by atoms with Crippen LogP contribution in [0.15, 0.2) is 56.3 Å². The molecule has 0 saturated heterocycles. The van der Waals surface area contributed by atoms with Crippen LogP contribution in [0, 0.1) is 0 Å². The monoisotopic (exact) mass is 456 g/mol. The Morgan fingerprint density at radius 2 is 1.78 bits per heavy atom. The maximum absolute atomic E-state index is 12.1. The molecule has 2 aromatic rings. The van der Waals surface area contributed by atoms with E-state index in [0.717, 1.165) is 13.8 Å². The number of nitrogens with one attached hydrogen (secondary N) is 2. The number of thioether (sulfide) groups is 1. The highest BCUT2D eigenvalue weighted by Crippen LogP contribution is 2.29. The third kappa shape index (κ3) is 5.67. The van der Waals surface area contributed by atoms with Gasteiger partial charge in [0.1, 0.15) is 0 Å². The van der Waals surface area contributed by atoms with Gasteiger partial charge in [0.15, 0.2) is 0 Å². The van der Waals surface area contributed by atoms with Gasteiger partial charge in [0.25, 0.3) is 0 Å². The van der Waals surface area contributed by atoms with Crippen molar-refractivity contribution in [3.05, 3.63) is 51.4 Å². The van der Waals surface area contributed by atoms with Crippen molar-refractivity contribution in [3.63, 3.8) is 0 Å².